The second kappa shape index (κ2) is 15.9. The maximum Gasteiger partial charge on any atom is 2.00 e. The summed E-state index contributed by atoms with van der Waals surface area (Å²) in [5, 5.41) is 22.4. The molecule has 4 radical (unpaired) electrons. The van der Waals surface area contributed by atoms with Crippen molar-refractivity contribution < 1.29 is 66.6 Å². The molecule has 0 bridgehead atoms. The fourth-order valence-electron chi connectivity index (χ4n) is 6.17. The van der Waals surface area contributed by atoms with Crippen LogP contribution in [0.3, 0.4) is 0 Å². The van der Waals surface area contributed by atoms with E-state index in [-0.39, 0.29) is 20.4 Å². The molecule has 0 saturated heterocycles. The number of carboxylic acids is 2. The van der Waals surface area contributed by atoms with Crippen LogP contribution >= 0.6 is 0 Å². The van der Waals surface area contributed by atoms with Crippen LogP contribution in [0.1, 0.15) is 0 Å². The number of aliphatic carboxylic acids is 2. The molecule has 0 amide bonds. The molecule has 0 aliphatic carbocycles. The Bertz CT molecular complexity index is 2210. The summed E-state index contributed by atoms with van der Waals surface area (Å²) in [6.07, 6.45) is -10.4. The molecule has 15 heteroatoms. The summed E-state index contributed by atoms with van der Waals surface area (Å²) in [6, 6.07) is 43.3. The molecule has 282 valence electrons. The van der Waals surface area contributed by atoms with E-state index in [0.717, 1.165) is 34.1 Å². The van der Waals surface area contributed by atoms with Crippen LogP contribution in [0.4, 0.5) is 60.5 Å². The third-order valence-electron chi connectivity index (χ3n) is 8.48. The van der Waals surface area contributed by atoms with Gasteiger partial charge in [-0.1, -0.05) is 84.9 Å². The quantitative estimate of drug-likeness (QED) is 0.134. The zero-order valence-corrected chi connectivity index (χ0v) is 30.1. The molecule has 6 aromatic rings. The second-order valence-corrected chi connectivity index (χ2v) is 11.9. The number of fused-ring (bicyclic) bond motifs is 4. The molecule has 0 fully saturated rings. The molecule has 0 spiro atoms. The number of carbonyl (C=O) groups is 2. The number of carboxylic acid groups (broad SMARTS) is 2. The van der Waals surface area contributed by atoms with Crippen molar-refractivity contribution in [2.75, 3.05) is 33.7 Å². The molecule has 8 nitrogen and oxygen atoms in total. The summed E-state index contributed by atoms with van der Waals surface area (Å²) < 4.78 is 63.1. The molecule has 55 heavy (non-hydrogen) atoms. The van der Waals surface area contributed by atoms with E-state index in [9.17, 15) is 26.3 Å². The first-order valence-electron chi connectivity index (χ1n) is 16.0. The number of rotatable bonds is 3. The van der Waals surface area contributed by atoms with Crippen molar-refractivity contribution in [2.24, 2.45) is 0 Å². The van der Waals surface area contributed by atoms with Crippen molar-refractivity contribution in [2.45, 2.75) is 12.4 Å². The molecular formula is C40H26F6N4O4Pd. The van der Waals surface area contributed by atoms with E-state index < -0.39 is 24.3 Å². The van der Waals surface area contributed by atoms with Crippen LogP contribution in [-0.4, -0.2) is 38.4 Å². The summed E-state index contributed by atoms with van der Waals surface area (Å²) in [5.74, 6) is -6.01. The zero-order chi connectivity index (χ0) is 38.9. The fourth-order valence-corrected chi connectivity index (χ4v) is 6.17. The SMILES string of the molecule is CN1[C]N(c2ccc3ccccc3c2-c2c(N3[C]N(C)c4ccccc43)ccc3ccccc23)c2ccccc21.O=C([O-])C(F)(F)F.O=C([O-])C(F)(F)F.[Pd+2]. The van der Waals surface area contributed by atoms with Crippen LogP contribution in [0.15, 0.2) is 121 Å². The van der Waals surface area contributed by atoms with Gasteiger partial charge in [-0.05, 0) is 57.9 Å². The number of anilines is 6. The van der Waals surface area contributed by atoms with Gasteiger partial charge in [-0.2, -0.15) is 26.3 Å². The van der Waals surface area contributed by atoms with Crippen LogP contribution in [0.5, 0.6) is 0 Å². The standard InChI is InChI=1S/C36H26N4.2C2HF3O2.Pd/c1-37-23-39(31-17-9-7-15-29(31)37)33-21-19-25-11-3-5-13-27(25)35(33)36-28-14-6-4-12-26(28)20-22-34(36)40-24-38(2)30-16-8-10-18-32(30)40;2*3-2(4,5)1(6)7;/h3-22H,1-2H3;2*(H,6,7);/q;;;+2/p-2. The summed E-state index contributed by atoms with van der Waals surface area (Å²) in [6.45, 7) is 7.20. The maximum atomic E-state index is 10.5. The van der Waals surface area contributed by atoms with Crippen LogP contribution in [0.25, 0.3) is 32.7 Å². The molecule has 2 aliphatic rings. The maximum absolute atomic E-state index is 10.5. The molecule has 2 heterocycles. The molecule has 8 rings (SSSR count). The van der Waals surface area contributed by atoms with E-state index in [4.69, 9.17) is 19.8 Å². The summed E-state index contributed by atoms with van der Waals surface area (Å²) >= 11 is 0. The normalized spacial score (nSPS) is 13.3. The van der Waals surface area contributed by atoms with Gasteiger partial charge in [0.15, 0.2) is 0 Å². The number of benzene rings is 6. The first kappa shape index (κ1) is 40.4. The van der Waals surface area contributed by atoms with Crippen molar-refractivity contribution in [3.63, 3.8) is 0 Å². The van der Waals surface area contributed by atoms with Crippen molar-refractivity contribution >= 4 is 67.6 Å². The van der Waals surface area contributed by atoms with Crippen molar-refractivity contribution in [1.29, 1.82) is 0 Å². The topological polar surface area (TPSA) is 93.2 Å². The number of hydrogen-bond donors (Lipinski definition) is 0. The molecule has 6 aromatic carbocycles. The van der Waals surface area contributed by atoms with E-state index >= 15 is 0 Å². The van der Waals surface area contributed by atoms with Crippen molar-refractivity contribution in [1.82, 2.24) is 0 Å². The van der Waals surface area contributed by atoms with E-state index in [2.05, 4.69) is 168 Å². The Balaban J connectivity index is 0.000000333. The molecule has 0 unspecified atom stereocenters. The fraction of sp³-hybridized carbons (Fsp3) is 0.100. The van der Waals surface area contributed by atoms with Gasteiger partial charge in [0.1, 0.15) is 11.9 Å². The van der Waals surface area contributed by atoms with Gasteiger partial charge in [0, 0.05) is 25.2 Å². The van der Waals surface area contributed by atoms with Gasteiger partial charge in [0.25, 0.3) is 0 Å². The third kappa shape index (κ3) is 8.18. The number of carbonyl (C=O) groups excluding carboxylic acids is 2. The molecule has 2 aliphatic heterocycles. The Labute approximate surface area is 325 Å². The number of halogens is 6. The predicted molar refractivity (Wildman–Crippen MR) is 189 cm³/mol. The van der Waals surface area contributed by atoms with Crippen LogP contribution in [0.2, 0.25) is 0 Å². The summed E-state index contributed by atoms with van der Waals surface area (Å²) in [4.78, 5) is 26.1. The van der Waals surface area contributed by atoms with Gasteiger partial charge in [-0.3, -0.25) is 0 Å². The molecule has 0 aromatic heterocycles. The Morgan fingerprint density at radius 1 is 0.473 bits per heavy atom. The minimum absolute atomic E-state index is 0. The average molecular weight is 847 g/mol. The smallest absolute Gasteiger partial charge is 0.542 e. The van der Waals surface area contributed by atoms with Crippen LogP contribution in [-0.2, 0) is 30.0 Å². The van der Waals surface area contributed by atoms with Crippen molar-refractivity contribution in [3.05, 3.63) is 135 Å². The number of alkyl halides is 6. The minimum atomic E-state index is -5.19. The van der Waals surface area contributed by atoms with E-state index in [1.54, 1.807) is 0 Å². The minimum Gasteiger partial charge on any atom is -0.542 e. The van der Waals surface area contributed by atoms with Gasteiger partial charge < -0.3 is 39.4 Å². The molecule has 0 saturated carbocycles. The first-order chi connectivity index (χ1) is 25.6. The zero-order valence-electron chi connectivity index (χ0n) is 28.6. The van der Waals surface area contributed by atoms with E-state index in [1.807, 2.05) is 0 Å². The Hall–Kier alpha value is -5.78. The Morgan fingerprint density at radius 3 is 1.09 bits per heavy atom. The van der Waals surface area contributed by atoms with Crippen LogP contribution in [0, 0.1) is 13.3 Å². The Kier molecular flexibility index (Phi) is 11.7. The molecular weight excluding hydrogens is 821 g/mol. The van der Waals surface area contributed by atoms with Gasteiger partial charge in [-0.15, -0.1) is 0 Å². The van der Waals surface area contributed by atoms with E-state index in [0.29, 0.717) is 0 Å². The largest absolute Gasteiger partial charge is 2.00 e. The van der Waals surface area contributed by atoms with E-state index in [1.165, 1.54) is 32.7 Å². The van der Waals surface area contributed by atoms with Gasteiger partial charge in [0.05, 0.1) is 34.1 Å². The molecule has 0 N–H and O–H groups in total. The average Bonchev–Trinajstić information content (AvgIpc) is 3.66. The Morgan fingerprint density at radius 2 is 0.764 bits per heavy atom. The second-order valence-electron chi connectivity index (χ2n) is 11.9. The summed E-state index contributed by atoms with van der Waals surface area (Å²) in [7, 11) is 4.12. The predicted octanol–water partition coefficient (Wildman–Crippen LogP) is 7.42. The third-order valence-corrected chi connectivity index (χ3v) is 8.48. The van der Waals surface area contributed by atoms with Gasteiger partial charge >= 0.3 is 32.8 Å². The molecule has 0 atom stereocenters. The first-order valence-corrected chi connectivity index (χ1v) is 16.0. The summed E-state index contributed by atoms with van der Waals surface area (Å²) in [5.41, 5.74) is 9.05. The number of hydrogen-bond acceptors (Lipinski definition) is 8. The van der Waals surface area contributed by atoms with Crippen LogP contribution < -0.4 is 29.8 Å². The monoisotopic (exact) mass is 846 g/mol. The van der Waals surface area contributed by atoms with Gasteiger partial charge in [-0.25, -0.2) is 0 Å². The number of nitrogens with zero attached hydrogens (tertiary/aromatic N) is 4. The number of para-hydroxylation sites is 4. The van der Waals surface area contributed by atoms with Gasteiger partial charge in [0.2, 0.25) is 13.3 Å². The van der Waals surface area contributed by atoms with Crippen molar-refractivity contribution in [3.8, 4) is 11.1 Å².